The van der Waals surface area contributed by atoms with Gasteiger partial charge in [0.1, 0.15) is 11.5 Å². The van der Waals surface area contributed by atoms with Crippen molar-refractivity contribution in [2.45, 2.75) is 65.7 Å². The van der Waals surface area contributed by atoms with E-state index in [1.54, 1.807) is 0 Å². The smallest absolute Gasteiger partial charge is 0.119 e. The van der Waals surface area contributed by atoms with E-state index in [9.17, 15) is 0 Å². The summed E-state index contributed by atoms with van der Waals surface area (Å²) in [6.45, 7) is 14.2. The highest BCUT2D eigenvalue weighted by molar-refractivity contribution is 5.34. The number of hydrogen-bond donors (Lipinski definition) is 0. The molecule has 0 aliphatic rings. The Morgan fingerprint density at radius 1 is 0.862 bits per heavy atom. The molecule has 0 saturated carbocycles. The Morgan fingerprint density at radius 2 is 1.52 bits per heavy atom. The second-order valence-corrected chi connectivity index (χ2v) is 8.60. The van der Waals surface area contributed by atoms with E-state index in [2.05, 4.69) is 88.9 Å². The van der Waals surface area contributed by atoms with Gasteiger partial charge in [0.25, 0.3) is 0 Å². The van der Waals surface area contributed by atoms with Crippen LogP contribution in [0.25, 0.3) is 0 Å². The van der Waals surface area contributed by atoms with Gasteiger partial charge in [-0.2, -0.15) is 0 Å². The summed E-state index contributed by atoms with van der Waals surface area (Å²) in [5.74, 6) is 8.78. The predicted octanol–water partition coefficient (Wildman–Crippen LogP) is 6.99. The van der Waals surface area contributed by atoms with E-state index in [1.807, 2.05) is 13.0 Å². The highest BCUT2D eigenvalue weighted by Gasteiger charge is 2.15. The fourth-order valence-electron chi connectivity index (χ4n) is 3.16. The van der Waals surface area contributed by atoms with Gasteiger partial charge < -0.3 is 9.47 Å². The van der Waals surface area contributed by atoms with Crippen molar-refractivity contribution in [1.29, 1.82) is 0 Å². The minimum absolute atomic E-state index is 0.123. The average molecular weight is 393 g/mol. The van der Waals surface area contributed by atoms with Crippen molar-refractivity contribution in [2.75, 3.05) is 13.2 Å². The van der Waals surface area contributed by atoms with Crippen molar-refractivity contribution in [1.82, 2.24) is 0 Å². The maximum Gasteiger partial charge on any atom is 0.119 e. The van der Waals surface area contributed by atoms with Gasteiger partial charge >= 0.3 is 0 Å². The van der Waals surface area contributed by atoms with Crippen LogP contribution in [0.5, 0.6) is 11.5 Å². The topological polar surface area (TPSA) is 18.5 Å². The molecule has 2 nitrogen and oxygen atoms in total. The van der Waals surface area contributed by atoms with Crippen LogP contribution < -0.4 is 9.47 Å². The molecule has 0 spiro atoms. The van der Waals surface area contributed by atoms with Gasteiger partial charge in [0.05, 0.1) is 13.2 Å². The molecule has 2 atom stereocenters. The number of benzene rings is 2. The first-order chi connectivity index (χ1) is 13.9. The molecular formula is C27H36O2. The van der Waals surface area contributed by atoms with Crippen LogP contribution in [0, 0.1) is 17.8 Å². The average Bonchev–Trinajstić information content (AvgIpc) is 2.72. The Bertz CT molecular complexity index is 803. The molecule has 2 aromatic carbocycles. The highest BCUT2D eigenvalue weighted by atomic mass is 16.5. The molecule has 0 heterocycles. The molecule has 0 saturated heterocycles. The van der Waals surface area contributed by atoms with Crippen LogP contribution in [0.15, 0.2) is 48.5 Å². The molecule has 2 unspecified atom stereocenters. The maximum atomic E-state index is 6.08. The van der Waals surface area contributed by atoms with Crippen LogP contribution in [-0.2, 0) is 5.41 Å². The normalized spacial score (nSPS) is 13.2. The standard InChI is InChI=1S/C27H36O2/c1-7-11-22(9-3)23-14-16-25(17-15-23)28-19-21(8-2)20-29-26-13-10-12-24(18-26)27(4,5)6/h10,12-18,21-22H,8-9,19-20H2,1-6H3. The quantitative estimate of drug-likeness (QED) is 0.428. The monoisotopic (exact) mass is 392 g/mol. The molecule has 0 bridgehead atoms. The van der Waals surface area contributed by atoms with E-state index >= 15 is 0 Å². The third kappa shape index (κ3) is 7.17. The first-order valence-electron chi connectivity index (χ1n) is 10.8. The summed E-state index contributed by atoms with van der Waals surface area (Å²) in [5, 5.41) is 0. The van der Waals surface area contributed by atoms with E-state index in [4.69, 9.17) is 9.47 Å². The zero-order valence-electron chi connectivity index (χ0n) is 18.9. The van der Waals surface area contributed by atoms with Gasteiger partial charge in [-0.05, 0) is 60.6 Å². The highest BCUT2D eigenvalue weighted by Crippen LogP contribution is 2.26. The number of hydrogen-bond acceptors (Lipinski definition) is 2. The Hall–Kier alpha value is -2.40. The van der Waals surface area contributed by atoms with Crippen molar-refractivity contribution in [3.8, 4) is 23.3 Å². The van der Waals surface area contributed by atoms with Gasteiger partial charge in [-0.1, -0.05) is 64.8 Å². The van der Waals surface area contributed by atoms with Crippen molar-refractivity contribution in [2.24, 2.45) is 5.92 Å². The minimum atomic E-state index is 0.123. The summed E-state index contributed by atoms with van der Waals surface area (Å²) < 4.78 is 12.1. The summed E-state index contributed by atoms with van der Waals surface area (Å²) in [4.78, 5) is 0. The maximum absolute atomic E-state index is 6.08. The number of ether oxygens (including phenoxy) is 2. The van der Waals surface area contributed by atoms with Crippen molar-refractivity contribution in [3.05, 3.63) is 59.7 Å². The summed E-state index contributed by atoms with van der Waals surface area (Å²) >= 11 is 0. The Morgan fingerprint density at radius 3 is 2.07 bits per heavy atom. The largest absolute Gasteiger partial charge is 0.493 e. The molecule has 2 heteroatoms. The predicted molar refractivity (Wildman–Crippen MR) is 123 cm³/mol. The zero-order chi connectivity index (χ0) is 21.3. The first-order valence-corrected chi connectivity index (χ1v) is 10.8. The molecule has 0 aromatic heterocycles. The molecular weight excluding hydrogens is 356 g/mol. The van der Waals surface area contributed by atoms with Gasteiger partial charge in [0, 0.05) is 11.8 Å². The van der Waals surface area contributed by atoms with Gasteiger partial charge in [0.15, 0.2) is 0 Å². The molecule has 29 heavy (non-hydrogen) atoms. The van der Waals surface area contributed by atoms with Gasteiger partial charge in [0.2, 0.25) is 0 Å². The third-order valence-electron chi connectivity index (χ3n) is 5.26. The molecule has 0 fully saturated rings. The van der Waals surface area contributed by atoms with E-state index in [0.717, 1.165) is 24.3 Å². The summed E-state index contributed by atoms with van der Waals surface area (Å²) in [5.41, 5.74) is 2.67. The lowest BCUT2D eigenvalue weighted by Gasteiger charge is -2.21. The molecule has 0 aliphatic heterocycles. The lowest BCUT2D eigenvalue weighted by atomic mass is 9.87. The third-order valence-corrected chi connectivity index (χ3v) is 5.26. The van der Waals surface area contributed by atoms with Crippen LogP contribution in [0.4, 0.5) is 0 Å². The second-order valence-electron chi connectivity index (χ2n) is 8.60. The lowest BCUT2D eigenvalue weighted by molar-refractivity contribution is 0.173. The Labute approximate surface area is 177 Å². The Kier molecular flexibility index (Phi) is 8.65. The summed E-state index contributed by atoms with van der Waals surface area (Å²) in [6.07, 6.45) is 2.04. The summed E-state index contributed by atoms with van der Waals surface area (Å²) in [7, 11) is 0. The van der Waals surface area contributed by atoms with Crippen LogP contribution in [0.3, 0.4) is 0 Å². The van der Waals surface area contributed by atoms with Gasteiger partial charge in [-0.25, -0.2) is 0 Å². The number of rotatable bonds is 9. The molecule has 0 amide bonds. The molecule has 0 aliphatic carbocycles. The van der Waals surface area contributed by atoms with Gasteiger partial charge in [-0.15, -0.1) is 5.92 Å². The zero-order valence-corrected chi connectivity index (χ0v) is 18.9. The fraction of sp³-hybridized carbons (Fsp3) is 0.481. The van der Waals surface area contributed by atoms with E-state index in [1.165, 1.54) is 11.1 Å². The first kappa shape index (κ1) is 22.9. The van der Waals surface area contributed by atoms with Gasteiger partial charge in [-0.3, -0.25) is 0 Å². The lowest BCUT2D eigenvalue weighted by Crippen LogP contribution is -2.19. The van der Waals surface area contributed by atoms with Crippen LogP contribution in [0.1, 0.15) is 71.4 Å². The molecule has 0 N–H and O–H groups in total. The van der Waals surface area contributed by atoms with Crippen LogP contribution in [-0.4, -0.2) is 13.2 Å². The molecule has 156 valence electrons. The second kappa shape index (κ2) is 11.0. The van der Waals surface area contributed by atoms with Crippen molar-refractivity contribution < 1.29 is 9.47 Å². The summed E-state index contributed by atoms with van der Waals surface area (Å²) in [6, 6.07) is 16.8. The molecule has 2 aromatic rings. The van der Waals surface area contributed by atoms with Crippen molar-refractivity contribution >= 4 is 0 Å². The van der Waals surface area contributed by atoms with E-state index in [-0.39, 0.29) is 5.41 Å². The SMILES string of the molecule is CC#CC(CC)c1ccc(OCC(CC)COc2cccc(C(C)(C)C)c2)cc1. The van der Waals surface area contributed by atoms with Crippen LogP contribution in [0.2, 0.25) is 0 Å². The van der Waals surface area contributed by atoms with Crippen LogP contribution >= 0.6 is 0 Å². The Balaban J connectivity index is 1.89. The van der Waals surface area contributed by atoms with E-state index < -0.39 is 0 Å². The fourth-order valence-corrected chi connectivity index (χ4v) is 3.16. The van der Waals surface area contributed by atoms with Crippen molar-refractivity contribution in [3.63, 3.8) is 0 Å². The molecule has 2 rings (SSSR count). The van der Waals surface area contributed by atoms with E-state index in [0.29, 0.717) is 25.0 Å². The molecule has 0 radical (unpaired) electrons. The minimum Gasteiger partial charge on any atom is -0.493 e.